The van der Waals surface area contributed by atoms with E-state index in [1.54, 1.807) is 0 Å². The van der Waals surface area contributed by atoms with Crippen LogP contribution in [0.1, 0.15) is 141 Å². The highest BCUT2D eigenvalue weighted by atomic mass is 79.9. The Balaban J connectivity index is 0.00000900. The molecule has 1 rings (SSSR count). The second kappa shape index (κ2) is 24.3. The molecule has 0 saturated carbocycles. The van der Waals surface area contributed by atoms with Gasteiger partial charge in [0.25, 0.3) is 5.82 Å². The Morgan fingerprint density at radius 3 is 1.42 bits per heavy atom. The van der Waals surface area contributed by atoms with E-state index in [9.17, 15) is 0 Å². The van der Waals surface area contributed by atoms with E-state index in [1.165, 1.54) is 134 Å². The average molecular weight is 501 g/mol. The van der Waals surface area contributed by atoms with E-state index in [-0.39, 0.29) is 17.0 Å². The molecule has 3 N–H and O–H groups in total. The lowest BCUT2D eigenvalue weighted by Gasteiger charge is -2.04. The van der Waals surface area contributed by atoms with E-state index < -0.39 is 0 Å². The maximum atomic E-state index is 5.66. The summed E-state index contributed by atoms with van der Waals surface area (Å²) in [5.74, 6) is 1.27. The van der Waals surface area contributed by atoms with Crippen molar-refractivity contribution < 1.29 is 21.5 Å². The molecular formula is C27H54BrN3. The van der Waals surface area contributed by atoms with Crippen LogP contribution in [0.2, 0.25) is 0 Å². The molecule has 0 radical (unpaired) electrons. The lowest BCUT2D eigenvalue weighted by molar-refractivity contribution is -0.703. The fourth-order valence-corrected chi connectivity index (χ4v) is 4.50. The molecule has 4 heteroatoms. The van der Waals surface area contributed by atoms with Crippen molar-refractivity contribution in [3.05, 3.63) is 18.2 Å². The number of imidazole rings is 1. The second-order valence-corrected chi connectivity index (χ2v) is 9.36. The zero-order chi connectivity index (χ0) is 21.5. The highest BCUT2D eigenvalue weighted by Crippen LogP contribution is 2.14. The number of halogens is 1. The molecule has 184 valence electrons. The maximum absolute atomic E-state index is 5.66. The summed E-state index contributed by atoms with van der Waals surface area (Å²) in [5, 5.41) is 0. The van der Waals surface area contributed by atoms with Gasteiger partial charge in [0.2, 0.25) is 0 Å². The molecule has 0 saturated heterocycles. The van der Waals surface area contributed by atoms with Gasteiger partial charge in [0.1, 0.15) is 12.4 Å². The van der Waals surface area contributed by atoms with Crippen molar-refractivity contribution in [1.29, 1.82) is 0 Å². The highest BCUT2D eigenvalue weighted by Gasteiger charge is 2.08. The molecule has 0 bridgehead atoms. The highest BCUT2D eigenvalue weighted by molar-refractivity contribution is 4.77. The predicted octanol–water partition coefficient (Wildman–Crippen LogP) is 4.63. The molecule has 3 nitrogen and oxygen atoms in total. The lowest BCUT2D eigenvalue weighted by Crippen LogP contribution is -3.00. The molecule has 1 heterocycles. The molecule has 1 aromatic rings. The van der Waals surface area contributed by atoms with Crippen LogP contribution in [0.3, 0.4) is 0 Å². The third kappa shape index (κ3) is 18.9. The Kier molecular flexibility index (Phi) is 24.0. The van der Waals surface area contributed by atoms with Crippen LogP contribution >= 0.6 is 0 Å². The van der Waals surface area contributed by atoms with Crippen molar-refractivity contribution in [3.8, 4) is 0 Å². The van der Waals surface area contributed by atoms with Gasteiger partial charge in [-0.3, -0.25) is 0 Å². The lowest BCUT2D eigenvalue weighted by atomic mass is 10.0. The van der Waals surface area contributed by atoms with Gasteiger partial charge in [-0.2, -0.15) is 0 Å². The zero-order valence-corrected chi connectivity index (χ0v) is 22.4. The number of aryl methyl sites for hydroxylation is 1. The van der Waals surface area contributed by atoms with Gasteiger partial charge in [0, 0.05) is 6.54 Å². The van der Waals surface area contributed by atoms with Crippen LogP contribution in [0, 0.1) is 0 Å². The summed E-state index contributed by atoms with van der Waals surface area (Å²) in [7, 11) is 0. The van der Waals surface area contributed by atoms with E-state index in [2.05, 4.69) is 22.7 Å². The smallest absolute Gasteiger partial charge is 0.255 e. The molecule has 0 fully saturated rings. The van der Waals surface area contributed by atoms with Gasteiger partial charge < -0.3 is 22.7 Å². The normalized spacial score (nSPS) is 11.0. The molecule has 0 spiro atoms. The molecule has 0 aliphatic rings. The van der Waals surface area contributed by atoms with Crippen molar-refractivity contribution in [1.82, 2.24) is 4.98 Å². The molecule has 0 aliphatic heterocycles. The van der Waals surface area contributed by atoms with E-state index >= 15 is 0 Å². The molecule has 31 heavy (non-hydrogen) atoms. The number of unbranched alkanes of at least 4 members (excludes halogenated alkanes) is 19. The second-order valence-electron chi connectivity index (χ2n) is 9.36. The first kappa shape index (κ1) is 30.6. The number of aromatic amines is 1. The molecule has 0 unspecified atom stereocenters. The van der Waals surface area contributed by atoms with Crippen molar-refractivity contribution >= 4 is 0 Å². The fraction of sp³-hybridized carbons (Fsp3) is 0.889. The standard InChI is InChI=1S/C27H53N3.BrH/c1-2-3-4-5-6-7-8-9-10-11-12-13-14-15-16-17-18-19-20-21-25-30-26-24-29-27(30)22-23-28;/h24,26H,2-23,25,28H2,1H3;1H. The Morgan fingerprint density at radius 1 is 0.645 bits per heavy atom. The summed E-state index contributed by atoms with van der Waals surface area (Å²) in [6.45, 7) is 4.16. The van der Waals surface area contributed by atoms with Crippen molar-refractivity contribution in [2.24, 2.45) is 5.73 Å². The van der Waals surface area contributed by atoms with Crippen LogP contribution in [0.25, 0.3) is 0 Å². The van der Waals surface area contributed by atoms with Crippen LogP contribution in [0.4, 0.5) is 0 Å². The minimum Gasteiger partial charge on any atom is -1.00 e. The van der Waals surface area contributed by atoms with Gasteiger partial charge in [-0.25, -0.2) is 9.55 Å². The van der Waals surface area contributed by atoms with Crippen LogP contribution in [-0.4, -0.2) is 11.5 Å². The van der Waals surface area contributed by atoms with Gasteiger partial charge in [-0.1, -0.05) is 122 Å². The van der Waals surface area contributed by atoms with Crippen LogP contribution in [0.5, 0.6) is 0 Å². The number of H-pyrrole nitrogens is 1. The van der Waals surface area contributed by atoms with E-state index in [0.29, 0.717) is 0 Å². The Bertz CT molecular complexity index is 461. The van der Waals surface area contributed by atoms with Gasteiger partial charge in [-0.05, 0) is 12.8 Å². The number of nitrogens with zero attached hydrogens (tertiary/aromatic N) is 1. The minimum atomic E-state index is 0. The van der Waals surface area contributed by atoms with Crippen molar-refractivity contribution in [2.45, 2.75) is 148 Å². The number of nitrogens with two attached hydrogens (primary N) is 1. The summed E-state index contributed by atoms with van der Waals surface area (Å²) >= 11 is 0. The number of aromatic nitrogens is 2. The monoisotopic (exact) mass is 499 g/mol. The quantitative estimate of drug-likeness (QED) is 0.167. The Labute approximate surface area is 205 Å². The number of hydrogen-bond acceptors (Lipinski definition) is 1. The average Bonchev–Trinajstić information content (AvgIpc) is 3.19. The van der Waals surface area contributed by atoms with Crippen molar-refractivity contribution in [3.63, 3.8) is 0 Å². The molecule has 1 aromatic heterocycles. The van der Waals surface area contributed by atoms with Gasteiger partial charge in [0.15, 0.2) is 0 Å². The van der Waals surface area contributed by atoms with E-state index in [1.807, 2.05) is 6.20 Å². The molecule has 0 aliphatic carbocycles. The first-order chi connectivity index (χ1) is 14.9. The largest absolute Gasteiger partial charge is 1.00 e. The molecule has 0 atom stereocenters. The summed E-state index contributed by atoms with van der Waals surface area (Å²) < 4.78 is 2.33. The summed E-state index contributed by atoms with van der Waals surface area (Å²) in [6, 6.07) is 0. The minimum absolute atomic E-state index is 0. The number of rotatable bonds is 23. The van der Waals surface area contributed by atoms with Crippen LogP contribution in [-0.2, 0) is 13.0 Å². The van der Waals surface area contributed by atoms with Crippen LogP contribution in [0.15, 0.2) is 12.4 Å². The predicted molar refractivity (Wildman–Crippen MR) is 132 cm³/mol. The SMILES string of the molecule is CCCCCCCCCCCCCCCCCCCCCC[n+]1cc[nH]c1CCN.[Br-]. The van der Waals surface area contributed by atoms with E-state index in [4.69, 9.17) is 5.73 Å². The summed E-state index contributed by atoms with van der Waals surface area (Å²) in [4.78, 5) is 3.30. The number of hydrogen-bond donors (Lipinski definition) is 2. The molecule has 0 amide bonds. The van der Waals surface area contributed by atoms with Crippen molar-refractivity contribution in [2.75, 3.05) is 6.54 Å². The molecular weight excluding hydrogens is 446 g/mol. The first-order valence-corrected chi connectivity index (χ1v) is 13.6. The third-order valence-electron chi connectivity index (χ3n) is 6.48. The van der Waals surface area contributed by atoms with Crippen LogP contribution < -0.4 is 27.3 Å². The third-order valence-corrected chi connectivity index (χ3v) is 6.48. The zero-order valence-electron chi connectivity index (χ0n) is 20.8. The Hall–Kier alpha value is -0.350. The summed E-state index contributed by atoms with van der Waals surface area (Å²) in [5.41, 5.74) is 5.66. The first-order valence-electron chi connectivity index (χ1n) is 13.6. The number of nitrogens with one attached hydrogen (secondary N) is 1. The Morgan fingerprint density at radius 2 is 1.03 bits per heavy atom. The summed E-state index contributed by atoms with van der Waals surface area (Å²) in [6.07, 6.45) is 33.9. The van der Waals surface area contributed by atoms with Gasteiger partial charge in [0.05, 0.1) is 13.0 Å². The van der Waals surface area contributed by atoms with E-state index in [0.717, 1.165) is 19.5 Å². The van der Waals surface area contributed by atoms with Gasteiger partial charge >= 0.3 is 0 Å². The maximum Gasteiger partial charge on any atom is 0.255 e. The topological polar surface area (TPSA) is 45.7 Å². The van der Waals surface area contributed by atoms with Gasteiger partial charge in [-0.15, -0.1) is 0 Å². The fourth-order valence-electron chi connectivity index (χ4n) is 4.50. The molecule has 0 aromatic carbocycles.